The van der Waals surface area contributed by atoms with Crippen molar-refractivity contribution in [3.8, 4) is 0 Å². The Morgan fingerprint density at radius 3 is 2.90 bits per heavy atom. The molecule has 1 fully saturated rings. The van der Waals surface area contributed by atoms with Gasteiger partial charge in [-0.05, 0) is 47.1 Å². The number of nitrogens with zero attached hydrogens (tertiary/aromatic N) is 1. The smallest absolute Gasteiger partial charge is 0.252 e. The molecule has 0 aliphatic carbocycles. The molecule has 1 aliphatic rings. The number of morpholine rings is 1. The molecule has 1 heterocycles. The molecule has 0 bridgehead atoms. The Morgan fingerprint density at radius 2 is 2.15 bits per heavy atom. The third kappa shape index (κ3) is 4.74. The van der Waals surface area contributed by atoms with Gasteiger partial charge in [-0.15, -0.1) is 0 Å². The SMILES string of the molecule is O=C(NCCCN1CCOCC1)c1cc(Cl)ccc1Br. The van der Waals surface area contributed by atoms with E-state index in [1.807, 2.05) is 0 Å². The minimum absolute atomic E-state index is 0.0960. The zero-order valence-corrected chi connectivity index (χ0v) is 13.5. The fourth-order valence-electron chi connectivity index (χ4n) is 2.10. The number of carbonyl (C=O) groups is 1. The molecule has 1 saturated heterocycles. The second-order valence-corrected chi connectivity index (χ2v) is 5.98. The molecular weight excluding hydrogens is 344 g/mol. The normalized spacial score (nSPS) is 16.1. The van der Waals surface area contributed by atoms with Crippen LogP contribution in [0.1, 0.15) is 16.8 Å². The van der Waals surface area contributed by atoms with Crippen LogP contribution in [0.5, 0.6) is 0 Å². The van der Waals surface area contributed by atoms with Crippen LogP contribution >= 0.6 is 27.5 Å². The number of benzene rings is 1. The van der Waals surface area contributed by atoms with E-state index in [0.717, 1.165) is 43.7 Å². The van der Waals surface area contributed by atoms with Gasteiger partial charge in [-0.1, -0.05) is 11.6 Å². The summed E-state index contributed by atoms with van der Waals surface area (Å²) in [5.41, 5.74) is 0.573. The second-order valence-electron chi connectivity index (χ2n) is 4.69. The maximum Gasteiger partial charge on any atom is 0.252 e. The van der Waals surface area contributed by atoms with Gasteiger partial charge in [0.15, 0.2) is 0 Å². The van der Waals surface area contributed by atoms with Crippen molar-refractivity contribution < 1.29 is 9.53 Å². The fourth-order valence-corrected chi connectivity index (χ4v) is 2.69. The lowest BCUT2D eigenvalue weighted by Crippen LogP contribution is -2.38. The third-order valence-corrected chi connectivity index (χ3v) is 4.14. The summed E-state index contributed by atoms with van der Waals surface area (Å²) in [4.78, 5) is 14.4. The number of carbonyl (C=O) groups excluding carboxylic acids is 1. The molecule has 0 radical (unpaired) electrons. The molecule has 0 saturated carbocycles. The van der Waals surface area contributed by atoms with Gasteiger partial charge in [0.25, 0.3) is 5.91 Å². The summed E-state index contributed by atoms with van der Waals surface area (Å²) in [5, 5.41) is 3.48. The van der Waals surface area contributed by atoms with Crippen LogP contribution in [-0.4, -0.2) is 50.2 Å². The molecule has 20 heavy (non-hydrogen) atoms. The number of hydrogen-bond acceptors (Lipinski definition) is 3. The van der Waals surface area contributed by atoms with Crippen LogP contribution < -0.4 is 5.32 Å². The van der Waals surface area contributed by atoms with Crippen LogP contribution in [0.3, 0.4) is 0 Å². The Hall–Kier alpha value is -0.620. The van der Waals surface area contributed by atoms with Crippen molar-refractivity contribution in [2.75, 3.05) is 39.4 Å². The van der Waals surface area contributed by atoms with Crippen LogP contribution in [0.15, 0.2) is 22.7 Å². The number of hydrogen-bond donors (Lipinski definition) is 1. The molecule has 0 spiro atoms. The number of halogens is 2. The molecule has 1 aromatic rings. The topological polar surface area (TPSA) is 41.6 Å². The molecule has 110 valence electrons. The molecule has 0 unspecified atom stereocenters. The summed E-state index contributed by atoms with van der Waals surface area (Å²) in [5.74, 6) is -0.0960. The molecular formula is C14H18BrClN2O2. The van der Waals surface area contributed by atoms with Gasteiger partial charge in [0.1, 0.15) is 0 Å². The molecule has 1 aliphatic heterocycles. The van der Waals surface area contributed by atoms with E-state index in [0.29, 0.717) is 17.1 Å². The van der Waals surface area contributed by atoms with Crippen LogP contribution in [0.4, 0.5) is 0 Å². The van der Waals surface area contributed by atoms with Gasteiger partial charge < -0.3 is 10.1 Å². The lowest BCUT2D eigenvalue weighted by molar-refractivity contribution is 0.0374. The largest absolute Gasteiger partial charge is 0.379 e. The lowest BCUT2D eigenvalue weighted by atomic mass is 10.2. The van der Waals surface area contributed by atoms with E-state index >= 15 is 0 Å². The predicted molar refractivity (Wildman–Crippen MR) is 83.4 cm³/mol. The van der Waals surface area contributed by atoms with Gasteiger partial charge in [-0.25, -0.2) is 0 Å². The van der Waals surface area contributed by atoms with Gasteiger partial charge in [-0.2, -0.15) is 0 Å². The van der Waals surface area contributed by atoms with E-state index in [2.05, 4.69) is 26.1 Å². The van der Waals surface area contributed by atoms with Gasteiger partial charge in [0.2, 0.25) is 0 Å². The third-order valence-electron chi connectivity index (χ3n) is 3.21. The first-order chi connectivity index (χ1) is 9.66. The number of rotatable bonds is 5. The maximum atomic E-state index is 12.0. The molecule has 4 nitrogen and oxygen atoms in total. The minimum atomic E-state index is -0.0960. The Labute approximate surface area is 132 Å². The van der Waals surface area contributed by atoms with Crippen molar-refractivity contribution >= 4 is 33.4 Å². The van der Waals surface area contributed by atoms with E-state index in [9.17, 15) is 4.79 Å². The number of nitrogens with one attached hydrogen (secondary N) is 1. The van der Waals surface area contributed by atoms with E-state index in [-0.39, 0.29) is 5.91 Å². The number of ether oxygens (including phenoxy) is 1. The van der Waals surface area contributed by atoms with Gasteiger partial charge in [0, 0.05) is 29.1 Å². The average Bonchev–Trinajstić information content (AvgIpc) is 2.47. The highest BCUT2D eigenvalue weighted by molar-refractivity contribution is 9.10. The summed E-state index contributed by atoms with van der Waals surface area (Å²) in [6.45, 7) is 5.22. The molecule has 1 aromatic carbocycles. The standard InChI is InChI=1S/C14H18BrClN2O2/c15-13-3-2-11(16)10-12(13)14(19)17-4-1-5-18-6-8-20-9-7-18/h2-3,10H,1,4-9H2,(H,17,19). The van der Waals surface area contributed by atoms with Crippen molar-refractivity contribution in [1.82, 2.24) is 10.2 Å². The molecule has 6 heteroatoms. The monoisotopic (exact) mass is 360 g/mol. The second kappa shape index (κ2) is 7.98. The highest BCUT2D eigenvalue weighted by atomic mass is 79.9. The van der Waals surface area contributed by atoms with E-state index in [1.165, 1.54) is 0 Å². The Bertz CT molecular complexity index is 464. The van der Waals surface area contributed by atoms with Crippen LogP contribution in [0.2, 0.25) is 5.02 Å². The van der Waals surface area contributed by atoms with Crippen LogP contribution in [0, 0.1) is 0 Å². The predicted octanol–water partition coefficient (Wildman–Crippen LogP) is 2.55. The van der Waals surface area contributed by atoms with E-state index in [4.69, 9.17) is 16.3 Å². The minimum Gasteiger partial charge on any atom is -0.379 e. The Kier molecular flexibility index (Phi) is 6.29. The van der Waals surface area contributed by atoms with Crippen molar-refractivity contribution in [3.63, 3.8) is 0 Å². The first-order valence-electron chi connectivity index (χ1n) is 6.70. The maximum absolute atomic E-state index is 12.0. The van der Waals surface area contributed by atoms with Gasteiger partial charge in [-0.3, -0.25) is 9.69 Å². The van der Waals surface area contributed by atoms with Crippen LogP contribution in [0.25, 0.3) is 0 Å². The first kappa shape index (κ1) is 15.8. The highest BCUT2D eigenvalue weighted by Gasteiger charge is 2.12. The zero-order valence-electron chi connectivity index (χ0n) is 11.2. The summed E-state index contributed by atoms with van der Waals surface area (Å²) < 4.78 is 6.05. The van der Waals surface area contributed by atoms with Gasteiger partial charge in [0.05, 0.1) is 18.8 Å². The Balaban J connectivity index is 1.73. The van der Waals surface area contributed by atoms with Gasteiger partial charge >= 0.3 is 0 Å². The van der Waals surface area contributed by atoms with Crippen molar-refractivity contribution in [1.29, 1.82) is 0 Å². The first-order valence-corrected chi connectivity index (χ1v) is 7.87. The van der Waals surface area contributed by atoms with Crippen molar-refractivity contribution in [2.45, 2.75) is 6.42 Å². The van der Waals surface area contributed by atoms with Crippen LogP contribution in [-0.2, 0) is 4.74 Å². The van der Waals surface area contributed by atoms with E-state index in [1.54, 1.807) is 18.2 Å². The highest BCUT2D eigenvalue weighted by Crippen LogP contribution is 2.20. The summed E-state index contributed by atoms with van der Waals surface area (Å²) >= 11 is 9.27. The average molecular weight is 362 g/mol. The molecule has 0 aromatic heterocycles. The number of amides is 1. The molecule has 0 atom stereocenters. The van der Waals surface area contributed by atoms with Crippen molar-refractivity contribution in [2.24, 2.45) is 0 Å². The molecule has 2 rings (SSSR count). The Morgan fingerprint density at radius 1 is 1.40 bits per heavy atom. The quantitative estimate of drug-likeness (QED) is 0.820. The lowest BCUT2D eigenvalue weighted by Gasteiger charge is -2.26. The summed E-state index contributed by atoms with van der Waals surface area (Å²) in [6.07, 6.45) is 0.934. The van der Waals surface area contributed by atoms with E-state index < -0.39 is 0 Å². The molecule has 1 N–H and O–H groups in total. The molecule has 1 amide bonds. The fraction of sp³-hybridized carbons (Fsp3) is 0.500. The zero-order chi connectivity index (χ0) is 14.4. The summed E-state index contributed by atoms with van der Waals surface area (Å²) in [7, 11) is 0. The summed E-state index contributed by atoms with van der Waals surface area (Å²) in [6, 6.07) is 5.20. The van der Waals surface area contributed by atoms with Crippen molar-refractivity contribution in [3.05, 3.63) is 33.3 Å².